The molecule has 0 N–H and O–H groups in total. The van der Waals surface area contributed by atoms with Crippen LogP contribution in [-0.2, 0) is 11.8 Å². The normalized spacial score (nSPS) is 22.9. The number of hydrogen-bond donors (Lipinski definition) is 0. The Morgan fingerprint density at radius 2 is 2.25 bits per heavy atom. The zero-order valence-corrected chi connectivity index (χ0v) is 11.9. The maximum atomic E-state index is 14.5. The van der Waals surface area contributed by atoms with Crippen LogP contribution in [0.4, 0.5) is 10.2 Å². The maximum Gasteiger partial charge on any atom is 0.163 e. The van der Waals surface area contributed by atoms with Gasteiger partial charge in [-0.3, -0.25) is 4.68 Å². The van der Waals surface area contributed by atoms with Gasteiger partial charge in [0.2, 0.25) is 0 Å². The van der Waals surface area contributed by atoms with Gasteiger partial charge in [0, 0.05) is 27.1 Å². The van der Waals surface area contributed by atoms with Crippen molar-refractivity contribution in [3.8, 4) is 0 Å². The molecule has 0 bridgehead atoms. The SMILES string of the molecule is COCC1(F)CCN(c2nc(C)nc3c2cnn3C)C1. The molecule has 2 aromatic rings. The average molecular weight is 279 g/mol. The van der Waals surface area contributed by atoms with Gasteiger partial charge in [-0.1, -0.05) is 0 Å². The molecule has 108 valence electrons. The van der Waals surface area contributed by atoms with Crippen molar-refractivity contribution in [1.29, 1.82) is 0 Å². The molecule has 1 unspecified atom stereocenters. The monoisotopic (exact) mass is 279 g/mol. The Kier molecular flexibility index (Phi) is 3.08. The number of methoxy groups -OCH3 is 1. The molecule has 6 nitrogen and oxygen atoms in total. The van der Waals surface area contributed by atoms with E-state index in [4.69, 9.17) is 4.74 Å². The van der Waals surface area contributed by atoms with Gasteiger partial charge in [0.05, 0.1) is 24.7 Å². The number of halogens is 1. The average Bonchev–Trinajstić information content (AvgIpc) is 2.94. The van der Waals surface area contributed by atoms with Gasteiger partial charge in [-0.05, 0) is 6.92 Å². The van der Waals surface area contributed by atoms with Crippen LogP contribution in [0.1, 0.15) is 12.2 Å². The fourth-order valence-corrected chi connectivity index (χ4v) is 2.75. The molecular weight excluding hydrogens is 261 g/mol. The molecule has 1 atom stereocenters. The van der Waals surface area contributed by atoms with E-state index >= 15 is 0 Å². The van der Waals surface area contributed by atoms with Crippen LogP contribution in [0.2, 0.25) is 0 Å². The third kappa shape index (κ3) is 2.11. The van der Waals surface area contributed by atoms with Crippen LogP contribution in [-0.4, -0.2) is 52.2 Å². The van der Waals surface area contributed by atoms with Crippen molar-refractivity contribution in [2.75, 3.05) is 31.7 Å². The van der Waals surface area contributed by atoms with Crippen LogP contribution < -0.4 is 4.90 Å². The van der Waals surface area contributed by atoms with E-state index in [9.17, 15) is 4.39 Å². The Hall–Kier alpha value is -1.76. The van der Waals surface area contributed by atoms with E-state index in [1.807, 2.05) is 18.9 Å². The summed E-state index contributed by atoms with van der Waals surface area (Å²) < 4.78 is 21.2. The quantitative estimate of drug-likeness (QED) is 0.846. The van der Waals surface area contributed by atoms with E-state index in [0.29, 0.717) is 25.3 Å². The van der Waals surface area contributed by atoms with E-state index in [1.165, 1.54) is 7.11 Å². The Morgan fingerprint density at radius 1 is 1.45 bits per heavy atom. The van der Waals surface area contributed by atoms with Gasteiger partial charge >= 0.3 is 0 Å². The van der Waals surface area contributed by atoms with Crippen LogP contribution in [0.3, 0.4) is 0 Å². The molecular formula is C13H18FN5O. The number of alkyl halides is 1. The Balaban J connectivity index is 1.99. The lowest BCUT2D eigenvalue weighted by molar-refractivity contribution is 0.0571. The standard InChI is InChI=1S/C13H18FN5O/c1-9-16-11-10(6-15-18(11)2)12(17-9)19-5-4-13(14,7-19)8-20-3/h6H,4-5,7-8H2,1-3H3. The molecule has 1 aliphatic rings. The van der Waals surface area contributed by atoms with Crippen molar-refractivity contribution < 1.29 is 9.13 Å². The first kappa shape index (κ1) is 13.2. The summed E-state index contributed by atoms with van der Waals surface area (Å²) in [5.74, 6) is 1.43. The second-order valence-corrected chi connectivity index (χ2v) is 5.36. The number of nitrogens with zero attached hydrogens (tertiary/aromatic N) is 5. The Morgan fingerprint density at radius 3 is 3.00 bits per heavy atom. The van der Waals surface area contributed by atoms with E-state index in [-0.39, 0.29) is 6.61 Å². The molecule has 0 spiro atoms. The predicted molar refractivity (Wildman–Crippen MR) is 73.6 cm³/mol. The number of hydrogen-bond acceptors (Lipinski definition) is 5. The molecule has 2 aromatic heterocycles. The largest absolute Gasteiger partial charge is 0.381 e. The minimum absolute atomic E-state index is 0.115. The highest BCUT2D eigenvalue weighted by Gasteiger charge is 2.39. The topological polar surface area (TPSA) is 56.1 Å². The van der Waals surface area contributed by atoms with Crippen molar-refractivity contribution in [3.63, 3.8) is 0 Å². The Labute approximate surface area is 116 Å². The van der Waals surface area contributed by atoms with Crippen LogP contribution >= 0.6 is 0 Å². The Bertz CT molecular complexity index is 643. The smallest absolute Gasteiger partial charge is 0.163 e. The molecule has 7 heteroatoms. The fourth-order valence-electron chi connectivity index (χ4n) is 2.75. The molecule has 0 saturated carbocycles. The second kappa shape index (κ2) is 4.66. The summed E-state index contributed by atoms with van der Waals surface area (Å²) in [6, 6.07) is 0. The molecule has 20 heavy (non-hydrogen) atoms. The third-order valence-corrected chi connectivity index (χ3v) is 3.69. The van der Waals surface area contributed by atoms with Gasteiger partial charge in [-0.2, -0.15) is 5.10 Å². The summed E-state index contributed by atoms with van der Waals surface area (Å²) in [4.78, 5) is 10.8. The van der Waals surface area contributed by atoms with Crippen LogP contribution in [0.25, 0.3) is 11.0 Å². The van der Waals surface area contributed by atoms with E-state index in [0.717, 1.165) is 16.9 Å². The first-order valence-corrected chi connectivity index (χ1v) is 6.61. The molecule has 0 aliphatic carbocycles. The minimum atomic E-state index is -1.30. The number of aryl methyl sites for hydroxylation is 2. The summed E-state index contributed by atoms with van der Waals surface area (Å²) in [6.45, 7) is 2.87. The maximum absolute atomic E-state index is 14.5. The number of ether oxygens (including phenoxy) is 1. The van der Waals surface area contributed by atoms with Crippen molar-refractivity contribution >= 4 is 16.9 Å². The molecule has 3 rings (SSSR count). The van der Waals surface area contributed by atoms with Crippen LogP contribution in [0.5, 0.6) is 0 Å². The lowest BCUT2D eigenvalue weighted by Gasteiger charge is -2.21. The third-order valence-electron chi connectivity index (χ3n) is 3.69. The zero-order valence-electron chi connectivity index (χ0n) is 11.9. The van der Waals surface area contributed by atoms with Gasteiger partial charge in [0.1, 0.15) is 11.6 Å². The zero-order chi connectivity index (χ0) is 14.3. The fraction of sp³-hybridized carbons (Fsp3) is 0.615. The molecule has 0 radical (unpaired) electrons. The molecule has 1 aliphatic heterocycles. The second-order valence-electron chi connectivity index (χ2n) is 5.36. The lowest BCUT2D eigenvalue weighted by atomic mass is 10.1. The van der Waals surface area contributed by atoms with Gasteiger partial charge in [0.25, 0.3) is 0 Å². The molecule has 1 saturated heterocycles. The predicted octanol–water partition coefficient (Wildman–Crippen LogP) is 1.24. The first-order valence-electron chi connectivity index (χ1n) is 6.61. The van der Waals surface area contributed by atoms with E-state index < -0.39 is 5.67 Å². The highest BCUT2D eigenvalue weighted by Crippen LogP contribution is 2.32. The minimum Gasteiger partial charge on any atom is -0.381 e. The van der Waals surface area contributed by atoms with Crippen LogP contribution in [0, 0.1) is 6.92 Å². The van der Waals surface area contributed by atoms with Gasteiger partial charge in [-0.15, -0.1) is 0 Å². The molecule has 3 heterocycles. The van der Waals surface area contributed by atoms with E-state index in [1.54, 1.807) is 10.9 Å². The summed E-state index contributed by atoms with van der Waals surface area (Å²) in [7, 11) is 3.37. The van der Waals surface area contributed by atoms with Gasteiger partial charge < -0.3 is 9.64 Å². The number of rotatable bonds is 3. The molecule has 0 amide bonds. The number of anilines is 1. The highest BCUT2D eigenvalue weighted by molar-refractivity contribution is 5.87. The van der Waals surface area contributed by atoms with Gasteiger partial charge in [0.15, 0.2) is 11.3 Å². The van der Waals surface area contributed by atoms with Crippen molar-refractivity contribution in [1.82, 2.24) is 19.7 Å². The summed E-state index contributed by atoms with van der Waals surface area (Å²) in [6.07, 6.45) is 2.18. The van der Waals surface area contributed by atoms with Crippen molar-refractivity contribution in [2.45, 2.75) is 19.0 Å². The lowest BCUT2D eigenvalue weighted by Crippen LogP contribution is -2.33. The van der Waals surface area contributed by atoms with E-state index in [2.05, 4.69) is 15.1 Å². The molecule has 1 fully saturated rings. The first-order chi connectivity index (χ1) is 9.52. The summed E-state index contributed by atoms with van der Waals surface area (Å²) in [5, 5.41) is 5.07. The number of fused-ring (bicyclic) bond motifs is 1. The van der Waals surface area contributed by atoms with Crippen LogP contribution in [0.15, 0.2) is 6.20 Å². The summed E-state index contributed by atoms with van der Waals surface area (Å²) in [5.41, 5.74) is -0.530. The van der Waals surface area contributed by atoms with Crippen molar-refractivity contribution in [2.24, 2.45) is 7.05 Å². The molecule has 0 aromatic carbocycles. The van der Waals surface area contributed by atoms with Gasteiger partial charge in [-0.25, -0.2) is 14.4 Å². The number of aromatic nitrogens is 4. The highest BCUT2D eigenvalue weighted by atomic mass is 19.1. The van der Waals surface area contributed by atoms with Crippen molar-refractivity contribution in [3.05, 3.63) is 12.0 Å². The summed E-state index contributed by atoms with van der Waals surface area (Å²) >= 11 is 0.